The van der Waals surface area contributed by atoms with Crippen LogP contribution >= 0.6 is 0 Å². The maximum Gasteiger partial charge on any atom is 0.507 e. The van der Waals surface area contributed by atoms with E-state index in [1.807, 2.05) is 0 Å². The predicted molar refractivity (Wildman–Crippen MR) is 260 cm³/mol. The fourth-order valence-electron chi connectivity index (χ4n) is 8.50. The molecule has 380 valence electrons. The van der Waals surface area contributed by atoms with Gasteiger partial charge >= 0.3 is 45.7 Å². The number of nitrogens with two attached hydrogens (primary N) is 1. The van der Waals surface area contributed by atoms with Crippen molar-refractivity contribution in [1.82, 2.24) is 28.7 Å². The molecular weight excluding hydrogens is 1010 g/mol. The number of fused-ring (bicyclic) bond motifs is 9. The molecular formula is C43H32N10O20S. The molecule has 0 fully saturated rings. The quantitative estimate of drug-likeness (QED) is 0.0354. The number of nitro groups is 3. The molecule has 30 nitrogen and oxygen atoms in total. The van der Waals surface area contributed by atoms with Crippen molar-refractivity contribution in [3.8, 4) is 0 Å². The van der Waals surface area contributed by atoms with Crippen LogP contribution in [0.2, 0.25) is 0 Å². The van der Waals surface area contributed by atoms with Crippen molar-refractivity contribution >= 4 is 105 Å². The average molecular weight is 1040 g/mol. The fraction of sp³-hybridized carbons (Fsp3) is 0.116. The molecule has 0 amide bonds. The summed E-state index contributed by atoms with van der Waals surface area (Å²) in [6, 6.07) is 17.9. The molecule has 0 aliphatic heterocycles. The van der Waals surface area contributed by atoms with Gasteiger partial charge in [0.15, 0.2) is 6.23 Å². The standard InChI is InChI=1S/C27H19N7O10S.C15H11N3O7.CH2O3/c1-12(11-31-19-10-17(33(39)40)13-5-2-3-6-14(13)22(19)30-24(35)26(31)37)32-23-15-7-4-8-20(45(28,43)44)21(15)18(34(41)42)9-16(23)29-25(36)27(32)38;1-7(25-15(21)22)17-12-9-5-3-2-4-8(9)11(18(23)24)6-10(12)16-13(19)14(17)20;2-1(3)4/h2-10,12H,11H2,1H3,(H,29,36)(H,30,35)(H2,28,43,44);2-7H,1H3,(H,16,19)(H,21,22);(H2,2,3,4). The molecule has 0 spiro atoms. The van der Waals surface area contributed by atoms with Gasteiger partial charge in [0.05, 0.1) is 75.0 Å². The van der Waals surface area contributed by atoms with Crippen LogP contribution in [-0.2, 0) is 21.3 Å². The summed E-state index contributed by atoms with van der Waals surface area (Å²) in [6.45, 7) is 2.21. The Morgan fingerprint density at radius 1 is 0.635 bits per heavy atom. The molecule has 31 heteroatoms. The number of ether oxygens (including phenoxy) is 1. The molecule has 8 N–H and O–H groups in total. The molecule has 0 radical (unpaired) electrons. The minimum atomic E-state index is -4.52. The third kappa shape index (κ3) is 9.33. The number of rotatable bonds is 9. The van der Waals surface area contributed by atoms with Crippen LogP contribution in [-0.4, -0.2) is 79.5 Å². The number of nitrogens with zero attached hydrogens (tertiary/aromatic N) is 6. The number of benzene rings is 6. The van der Waals surface area contributed by atoms with Crippen molar-refractivity contribution in [2.24, 2.45) is 5.14 Å². The van der Waals surface area contributed by atoms with E-state index < -0.39 is 105 Å². The Balaban J connectivity index is 0.000000232. The molecule has 9 aromatic rings. The lowest BCUT2D eigenvalue weighted by Gasteiger charge is -2.21. The van der Waals surface area contributed by atoms with E-state index in [1.54, 1.807) is 24.3 Å². The number of hydrogen-bond donors (Lipinski definition) is 7. The number of hydrogen-bond acceptors (Lipinski definition) is 17. The molecule has 3 aromatic heterocycles. The van der Waals surface area contributed by atoms with Gasteiger partial charge in [-0.2, -0.15) is 0 Å². The summed E-state index contributed by atoms with van der Waals surface area (Å²) in [7, 11) is -4.52. The minimum Gasteiger partial charge on any atom is -0.450 e. The monoisotopic (exact) mass is 1040 g/mol. The van der Waals surface area contributed by atoms with Gasteiger partial charge in [0.25, 0.3) is 17.1 Å². The zero-order valence-electron chi connectivity index (χ0n) is 37.4. The van der Waals surface area contributed by atoms with Crippen molar-refractivity contribution < 1.29 is 52.8 Å². The summed E-state index contributed by atoms with van der Waals surface area (Å²) >= 11 is 0. The molecule has 0 bridgehead atoms. The lowest BCUT2D eigenvalue weighted by atomic mass is 10.1. The lowest BCUT2D eigenvalue weighted by molar-refractivity contribution is -0.383. The first-order valence-electron chi connectivity index (χ1n) is 20.7. The van der Waals surface area contributed by atoms with Gasteiger partial charge in [-0.25, -0.2) is 23.1 Å². The molecule has 6 aromatic carbocycles. The van der Waals surface area contributed by atoms with Crippen molar-refractivity contribution in [2.75, 3.05) is 0 Å². The number of non-ortho nitro benzene ring substituents is 3. The summed E-state index contributed by atoms with van der Waals surface area (Å²) in [4.78, 5) is 135. The number of carboxylic acid groups (broad SMARTS) is 3. The van der Waals surface area contributed by atoms with Crippen LogP contribution in [0.5, 0.6) is 0 Å². The van der Waals surface area contributed by atoms with Crippen LogP contribution in [0, 0.1) is 30.3 Å². The van der Waals surface area contributed by atoms with Crippen LogP contribution in [0.25, 0.3) is 65.4 Å². The number of H-pyrrole nitrogens is 3. The highest BCUT2D eigenvalue weighted by Gasteiger charge is 2.28. The zero-order valence-corrected chi connectivity index (χ0v) is 38.2. The molecule has 2 unspecified atom stereocenters. The van der Waals surface area contributed by atoms with Gasteiger partial charge in [0.2, 0.25) is 10.0 Å². The first-order chi connectivity index (χ1) is 34.7. The molecule has 9 rings (SSSR count). The number of carbonyl (C=O) groups is 2. The van der Waals surface area contributed by atoms with Crippen molar-refractivity contribution in [3.05, 3.63) is 177 Å². The second-order valence-corrected chi connectivity index (χ2v) is 17.2. The summed E-state index contributed by atoms with van der Waals surface area (Å²) in [5.41, 5.74) is -8.03. The van der Waals surface area contributed by atoms with Gasteiger partial charge in [-0.05, 0) is 32.0 Å². The molecule has 0 saturated heterocycles. The van der Waals surface area contributed by atoms with Gasteiger partial charge in [-0.1, -0.05) is 48.5 Å². The molecule has 0 saturated carbocycles. The van der Waals surface area contributed by atoms with E-state index in [9.17, 15) is 72.3 Å². The van der Waals surface area contributed by atoms with Gasteiger partial charge < -0.3 is 35.0 Å². The Bertz CT molecular complexity index is 4440. The van der Waals surface area contributed by atoms with Crippen molar-refractivity contribution in [2.45, 2.75) is 37.6 Å². The molecule has 74 heavy (non-hydrogen) atoms. The van der Waals surface area contributed by atoms with E-state index in [4.69, 9.17) is 25.3 Å². The highest BCUT2D eigenvalue weighted by molar-refractivity contribution is 7.89. The third-order valence-corrected chi connectivity index (χ3v) is 12.2. The van der Waals surface area contributed by atoms with Gasteiger partial charge in [0, 0.05) is 40.9 Å². The van der Waals surface area contributed by atoms with Crippen LogP contribution in [0.1, 0.15) is 26.1 Å². The summed E-state index contributed by atoms with van der Waals surface area (Å²) in [5, 5.41) is 63.8. The smallest absolute Gasteiger partial charge is 0.450 e. The average Bonchev–Trinajstić information content (AvgIpc) is 3.32. The predicted octanol–water partition coefficient (Wildman–Crippen LogP) is 3.91. The number of primary sulfonamides is 1. The molecule has 0 aliphatic rings. The molecule has 0 aliphatic carbocycles. The highest BCUT2D eigenvalue weighted by Crippen LogP contribution is 2.38. The first kappa shape index (κ1) is 51.4. The second kappa shape index (κ2) is 19.4. The van der Waals surface area contributed by atoms with E-state index in [-0.39, 0.29) is 66.0 Å². The van der Waals surface area contributed by atoms with Gasteiger partial charge in [-0.15, -0.1) is 0 Å². The topological polar surface area (TPSA) is 458 Å². The van der Waals surface area contributed by atoms with Gasteiger partial charge in [0.1, 0.15) is 0 Å². The zero-order chi connectivity index (χ0) is 54.4. The maximum absolute atomic E-state index is 13.4. The first-order valence-corrected chi connectivity index (χ1v) is 22.2. The summed E-state index contributed by atoms with van der Waals surface area (Å²) in [6.07, 6.45) is -4.77. The molecule has 3 heterocycles. The van der Waals surface area contributed by atoms with E-state index in [2.05, 4.69) is 19.7 Å². The minimum absolute atomic E-state index is 0.0239. The Morgan fingerprint density at radius 3 is 1.61 bits per heavy atom. The fourth-order valence-corrected chi connectivity index (χ4v) is 9.27. The molecule has 2 atom stereocenters. The maximum atomic E-state index is 13.4. The number of sulfonamides is 1. The normalized spacial score (nSPS) is 12.1. The Morgan fingerprint density at radius 2 is 1.08 bits per heavy atom. The van der Waals surface area contributed by atoms with Crippen LogP contribution in [0.15, 0.2) is 119 Å². The van der Waals surface area contributed by atoms with E-state index in [0.29, 0.717) is 5.39 Å². The Hall–Kier alpha value is -10.4. The van der Waals surface area contributed by atoms with Crippen molar-refractivity contribution in [3.63, 3.8) is 0 Å². The van der Waals surface area contributed by atoms with Crippen LogP contribution in [0.4, 0.5) is 26.7 Å². The lowest BCUT2D eigenvalue weighted by Crippen LogP contribution is -2.42. The van der Waals surface area contributed by atoms with E-state index in [0.717, 1.165) is 38.0 Å². The Labute approximate surface area is 405 Å². The van der Waals surface area contributed by atoms with Crippen LogP contribution in [0.3, 0.4) is 0 Å². The second-order valence-electron chi connectivity index (χ2n) is 15.7. The summed E-state index contributed by atoms with van der Waals surface area (Å²) in [5.74, 6) is 0. The number of aromatic amines is 3. The van der Waals surface area contributed by atoms with E-state index in [1.165, 1.54) is 50.2 Å². The SMILES string of the molecule is CC(Cn1c(=O)c(=O)[nH]c2c3ccccc3c([N+](=O)[O-])cc21)n1c(=O)c(=O)[nH]c2cc([N+](=O)[O-])c3c(S(N)(=O)=O)cccc3c21.CC(OC(=O)O)n1c(=O)c(=O)[nH]c2cc([N+](=O)[O-])c3ccccc3c21.O=C(O)O. The number of aromatic nitrogens is 6. The summed E-state index contributed by atoms with van der Waals surface area (Å²) < 4.78 is 32.1. The van der Waals surface area contributed by atoms with Gasteiger partial charge in [-0.3, -0.25) is 72.8 Å². The van der Waals surface area contributed by atoms with Crippen LogP contribution < -0.4 is 38.5 Å². The largest absolute Gasteiger partial charge is 0.507 e. The van der Waals surface area contributed by atoms with E-state index >= 15 is 0 Å². The Kier molecular flexibility index (Phi) is 13.5. The third-order valence-electron chi connectivity index (χ3n) is 11.3. The number of nitro benzene ring substituents is 3. The highest BCUT2D eigenvalue weighted by atomic mass is 32.2. The van der Waals surface area contributed by atoms with Crippen molar-refractivity contribution in [1.29, 1.82) is 0 Å². The number of nitrogens with one attached hydrogen (secondary N) is 3.